The number of ether oxygens (including phenoxy) is 1. The van der Waals surface area contributed by atoms with E-state index in [1.165, 1.54) is 7.11 Å². The summed E-state index contributed by atoms with van der Waals surface area (Å²) in [6, 6.07) is 11.1. The zero-order valence-electron chi connectivity index (χ0n) is 15.3. The number of aryl methyl sites for hydroxylation is 2. The number of hydrogen-bond donors (Lipinski definition) is 3. The highest BCUT2D eigenvalue weighted by atomic mass is 16.5. The Morgan fingerprint density at radius 1 is 0.852 bits per heavy atom. The van der Waals surface area contributed by atoms with Gasteiger partial charge in [0.25, 0.3) is 0 Å². The molecular weight excluding hydrogens is 344 g/mol. The Balaban J connectivity index is 0.000000156. The van der Waals surface area contributed by atoms with Crippen molar-refractivity contribution in [1.82, 2.24) is 9.97 Å². The highest BCUT2D eigenvalue weighted by Gasteiger charge is 2.10. The first-order chi connectivity index (χ1) is 12.9. The van der Waals surface area contributed by atoms with Crippen molar-refractivity contribution in [2.75, 3.05) is 7.11 Å². The molecule has 0 unspecified atom stereocenters. The van der Waals surface area contributed by atoms with Crippen LogP contribution in [0.4, 0.5) is 0 Å². The lowest BCUT2D eigenvalue weighted by molar-refractivity contribution is 0.0599. The van der Waals surface area contributed by atoms with Gasteiger partial charge in [-0.15, -0.1) is 0 Å². The van der Waals surface area contributed by atoms with E-state index in [0.29, 0.717) is 11.1 Å². The van der Waals surface area contributed by atoms with Crippen LogP contribution in [-0.2, 0) is 4.74 Å². The molecule has 0 saturated heterocycles. The molecular formula is C21H20N2O4. The number of methoxy groups -OCH3 is 1. The third-order valence-corrected chi connectivity index (χ3v) is 4.43. The predicted octanol–water partition coefficient (Wildman–Crippen LogP) is 4.44. The zero-order valence-corrected chi connectivity index (χ0v) is 15.3. The minimum Gasteiger partial charge on any atom is -0.478 e. The van der Waals surface area contributed by atoms with Crippen LogP contribution in [0.15, 0.2) is 48.8 Å². The molecule has 0 aliphatic rings. The molecule has 4 aromatic rings. The SMILES string of the molecule is COC(=O)c1cc2cc[nH]c2cc1C.Cc1cc2[nH]ccc2cc1C(=O)O. The first kappa shape index (κ1) is 18.3. The summed E-state index contributed by atoms with van der Waals surface area (Å²) in [5.41, 5.74) is 4.71. The van der Waals surface area contributed by atoms with Gasteiger partial charge in [-0.1, -0.05) is 0 Å². The molecule has 0 saturated carbocycles. The van der Waals surface area contributed by atoms with Crippen molar-refractivity contribution in [3.05, 3.63) is 71.0 Å². The molecule has 0 aliphatic carbocycles. The van der Waals surface area contributed by atoms with Crippen molar-refractivity contribution in [1.29, 1.82) is 0 Å². The lowest BCUT2D eigenvalue weighted by Gasteiger charge is -2.03. The standard InChI is InChI=1S/C11H11NO2.C10H9NO2/c1-7-5-10-8(3-4-12-10)6-9(7)11(13)14-2;1-6-4-9-7(2-3-11-9)5-8(6)10(12)13/h3-6,12H,1-2H3;2-5,11H,1H3,(H,12,13). The number of H-pyrrole nitrogens is 2. The van der Waals surface area contributed by atoms with E-state index in [9.17, 15) is 9.59 Å². The molecule has 0 radical (unpaired) electrons. The molecule has 4 rings (SSSR count). The van der Waals surface area contributed by atoms with Gasteiger partial charge in [0.2, 0.25) is 0 Å². The number of carbonyl (C=O) groups is 2. The topological polar surface area (TPSA) is 95.2 Å². The van der Waals surface area contributed by atoms with E-state index in [4.69, 9.17) is 9.84 Å². The molecule has 27 heavy (non-hydrogen) atoms. The average molecular weight is 364 g/mol. The molecule has 6 nitrogen and oxygen atoms in total. The monoisotopic (exact) mass is 364 g/mol. The van der Waals surface area contributed by atoms with Gasteiger partial charge in [-0.05, 0) is 61.4 Å². The highest BCUT2D eigenvalue weighted by Crippen LogP contribution is 2.19. The molecule has 2 heterocycles. The van der Waals surface area contributed by atoms with E-state index in [0.717, 1.165) is 32.9 Å². The summed E-state index contributed by atoms with van der Waals surface area (Å²) in [5.74, 6) is -1.16. The van der Waals surface area contributed by atoms with Gasteiger partial charge in [0, 0.05) is 34.2 Å². The molecule has 0 amide bonds. The number of esters is 1. The van der Waals surface area contributed by atoms with Gasteiger partial charge < -0.3 is 19.8 Å². The average Bonchev–Trinajstić information content (AvgIpc) is 3.28. The summed E-state index contributed by atoms with van der Waals surface area (Å²) in [4.78, 5) is 28.3. The highest BCUT2D eigenvalue weighted by molar-refractivity contribution is 5.96. The number of aromatic amines is 2. The number of hydrogen-bond acceptors (Lipinski definition) is 3. The van der Waals surface area contributed by atoms with Crippen molar-refractivity contribution >= 4 is 33.7 Å². The second kappa shape index (κ2) is 7.37. The molecule has 0 atom stereocenters. The summed E-state index contributed by atoms with van der Waals surface area (Å²) in [6.07, 6.45) is 3.65. The summed E-state index contributed by atoms with van der Waals surface area (Å²) < 4.78 is 4.69. The van der Waals surface area contributed by atoms with E-state index in [2.05, 4.69) is 9.97 Å². The lowest BCUT2D eigenvalue weighted by atomic mass is 10.1. The molecule has 2 aromatic carbocycles. The Kier molecular flexibility index (Phi) is 4.98. The normalized spacial score (nSPS) is 10.5. The minimum atomic E-state index is -0.874. The first-order valence-electron chi connectivity index (χ1n) is 8.37. The minimum absolute atomic E-state index is 0.286. The van der Waals surface area contributed by atoms with Gasteiger partial charge in [-0.2, -0.15) is 0 Å². The Hall–Kier alpha value is -3.54. The fourth-order valence-electron chi connectivity index (χ4n) is 2.98. The van der Waals surface area contributed by atoms with Gasteiger partial charge in [0.05, 0.1) is 18.2 Å². The van der Waals surface area contributed by atoms with Crippen LogP contribution >= 0.6 is 0 Å². The Labute approximate surface area is 155 Å². The van der Waals surface area contributed by atoms with E-state index < -0.39 is 5.97 Å². The van der Waals surface area contributed by atoms with Gasteiger partial charge >= 0.3 is 11.9 Å². The third-order valence-electron chi connectivity index (χ3n) is 4.43. The predicted molar refractivity (Wildman–Crippen MR) is 104 cm³/mol. The van der Waals surface area contributed by atoms with Gasteiger partial charge in [-0.25, -0.2) is 9.59 Å². The Bertz CT molecular complexity index is 1140. The lowest BCUT2D eigenvalue weighted by Crippen LogP contribution is -2.03. The van der Waals surface area contributed by atoms with Crippen molar-refractivity contribution in [3.8, 4) is 0 Å². The second-order valence-electron chi connectivity index (χ2n) is 6.26. The fraction of sp³-hybridized carbons (Fsp3) is 0.143. The maximum atomic E-state index is 11.4. The van der Waals surface area contributed by atoms with Crippen LogP contribution in [0.2, 0.25) is 0 Å². The number of rotatable bonds is 2. The maximum absolute atomic E-state index is 11.4. The van der Waals surface area contributed by atoms with E-state index >= 15 is 0 Å². The van der Waals surface area contributed by atoms with Crippen LogP contribution in [0, 0.1) is 13.8 Å². The molecule has 0 bridgehead atoms. The number of aromatic nitrogens is 2. The van der Waals surface area contributed by atoms with Crippen LogP contribution in [0.3, 0.4) is 0 Å². The maximum Gasteiger partial charge on any atom is 0.338 e. The quantitative estimate of drug-likeness (QED) is 0.458. The smallest absolute Gasteiger partial charge is 0.338 e. The first-order valence-corrected chi connectivity index (χ1v) is 8.37. The number of carboxylic acids is 1. The van der Waals surface area contributed by atoms with Crippen molar-refractivity contribution in [2.45, 2.75) is 13.8 Å². The van der Waals surface area contributed by atoms with E-state index in [1.807, 2.05) is 43.5 Å². The summed E-state index contributed by atoms with van der Waals surface area (Å²) in [7, 11) is 1.39. The molecule has 0 fully saturated rings. The number of carboxylic acid groups (broad SMARTS) is 1. The van der Waals surface area contributed by atoms with Crippen molar-refractivity contribution in [2.24, 2.45) is 0 Å². The molecule has 2 aromatic heterocycles. The van der Waals surface area contributed by atoms with E-state index in [-0.39, 0.29) is 5.97 Å². The van der Waals surface area contributed by atoms with Gasteiger partial charge in [0.1, 0.15) is 0 Å². The van der Waals surface area contributed by atoms with Crippen molar-refractivity contribution < 1.29 is 19.4 Å². The summed E-state index contributed by atoms with van der Waals surface area (Å²) in [6.45, 7) is 3.69. The number of benzene rings is 2. The number of carbonyl (C=O) groups excluding carboxylic acids is 1. The van der Waals surface area contributed by atoms with Gasteiger partial charge in [-0.3, -0.25) is 0 Å². The van der Waals surface area contributed by atoms with Crippen LogP contribution in [0.1, 0.15) is 31.8 Å². The molecule has 0 spiro atoms. The number of nitrogens with one attached hydrogen (secondary N) is 2. The zero-order chi connectivity index (χ0) is 19.6. The summed E-state index contributed by atoms with van der Waals surface area (Å²) in [5, 5.41) is 10.8. The van der Waals surface area contributed by atoms with E-state index in [1.54, 1.807) is 19.2 Å². The van der Waals surface area contributed by atoms with Crippen molar-refractivity contribution in [3.63, 3.8) is 0 Å². The Morgan fingerprint density at radius 2 is 1.33 bits per heavy atom. The van der Waals surface area contributed by atoms with Crippen LogP contribution in [-0.4, -0.2) is 34.1 Å². The van der Waals surface area contributed by atoms with Gasteiger partial charge in [0.15, 0.2) is 0 Å². The molecule has 3 N–H and O–H groups in total. The fourth-order valence-corrected chi connectivity index (χ4v) is 2.98. The number of aromatic carboxylic acids is 1. The molecule has 138 valence electrons. The van der Waals surface area contributed by atoms with Crippen LogP contribution < -0.4 is 0 Å². The largest absolute Gasteiger partial charge is 0.478 e. The molecule has 0 aliphatic heterocycles. The molecule has 6 heteroatoms. The Morgan fingerprint density at radius 3 is 1.81 bits per heavy atom. The third kappa shape index (κ3) is 3.69. The number of fused-ring (bicyclic) bond motifs is 2. The van der Waals surface area contributed by atoms with Crippen LogP contribution in [0.25, 0.3) is 21.8 Å². The second-order valence-corrected chi connectivity index (χ2v) is 6.26. The van der Waals surface area contributed by atoms with Crippen LogP contribution in [0.5, 0.6) is 0 Å². The summed E-state index contributed by atoms with van der Waals surface area (Å²) >= 11 is 0.